The first-order chi connectivity index (χ1) is 20.7. The standard InChI is InChI=1S/2C14H14BrNO4.BBr3/c2*1-7(15)9-4-12(18)20-10-5-11(17)16(6-8-2-3-8)14(19)13(9)10;2-1(3)4/h2*4,7-8H,2-3,5-6H2,1H3;. The van der Waals surface area contributed by atoms with Crippen molar-refractivity contribution < 1.29 is 28.0 Å². The van der Waals surface area contributed by atoms with Crippen LogP contribution in [-0.2, 0) is 22.4 Å². The number of imide groups is 2. The molecule has 0 N–H and O–H groups in total. The number of fused-ring (bicyclic) bond motifs is 2. The second-order valence-electron chi connectivity index (χ2n) is 11.0. The minimum absolute atomic E-state index is 0.0173. The molecule has 4 amide bonds. The first-order valence-electron chi connectivity index (χ1n) is 13.9. The highest BCUT2D eigenvalue weighted by molar-refractivity contribution is 9.69. The van der Waals surface area contributed by atoms with Gasteiger partial charge in [0, 0.05) is 34.9 Å². The van der Waals surface area contributed by atoms with Crippen molar-refractivity contribution in [3.8, 4) is 0 Å². The molecule has 2 fully saturated rings. The van der Waals surface area contributed by atoms with Crippen molar-refractivity contribution >= 4 is 106 Å². The van der Waals surface area contributed by atoms with Crippen LogP contribution in [0.4, 0.5) is 0 Å². The van der Waals surface area contributed by atoms with E-state index in [9.17, 15) is 28.8 Å². The highest BCUT2D eigenvalue weighted by Gasteiger charge is 2.40. The van der Waals surface area contributed by atoms with Crippen molar-refractivity contribution in [1.82, 2.24) is 9.80 Å². The molecule has 2 unspecified atom stereocenters. The van der Waals surface area contributed by atoms with Crippen LogP contribution < -0.4 is 11.3 Å². The van der Waals surface area contributed by atoms with Gasteiger partial charge in [-0.1, -0.05) is 31.9 Å². The molecule has 0 radical (unpaired) electrons. The number of alkyl halides is 2. The molecule has 0 bridgehead atoms. The Morgan fingerprint density at radius 2 is 1.02 bits per heavy atom. The predicted octanol–water partition coefficient (Wildman–Crippen LogP) is 6.22. The molecule has 2 aromatic rings. The van der Waals surface area contributed by atoms with Gasteiger partial charge >= 0.3 is 14.4 Å². The summed E-state index contributed by atoms with van der Waals surface area (Å²) >= 11 is 16.1. The van der Waals surface area contributed by atoms with Crippen molar-refractivity contribution in [2.45, 2.75) is 62.0 Å². The summed E-state index contributed by atoms with van der Waals surface area (Å²) in [6.45, 7) is 4.63. The molecule has 4 heterocycles. The second kappa shape index (κ2) is 15.0. The Balaban J connectivity index is 0.000000179. The fraction of sp³-hybridized carbons (Fsp3) is 0.500. The Bertz CT molecular complexity index is 1470. The molecular formula is C28H28BBr5N2O8. The molecule has 10 nitrogen and oxygen atoms in total. The number of hydrogen-bond acceptors (Lipinski definition) is 8. The summed E-state index contributed by atoms with van der Waals surface area (Å²) in [6, 6.07) is 2.64. The molecule has 0 spiro atoms. The lowest BCUT2D eigenvalue weighted by Gasteiger charge is -2.27. The lowest BCUT2D eigenvalue weighted by atomic mass is 9.98. The number of nitrogens with zero attached hydrogens (tertiary/aromatic N) is 2. The lowest BCUT2D eigenvalue weighted by molar-refractivity contribution is -0.130. The van der Waals surface area contributed by atoms with Crippen LogP contribution in [0, 0.1) is 11.8 Å². The monoisotopic (exact) mass is 926 g/mol. The van der Waals surface area contributed by atoms with Gasteiger partial charge in [-0.3, -0.25) is 29.0 Å². The zero-order valence-electron chi connectivity index (χ0n) is 23.7. The fourth-order valence-electron chi connectivity index (χ4n) is 4.93. The summed E-state index contributed by atoms with van der Waals surface area (Å²) in [5, 5.41) is 0. The van der Waals surface area contributed by atoms with Crippen LogP contribution in [0.15, 0.2) is 30.6 Å². The molecule has 2 aromatic heterocycles. The van der Waals surface area contributed by atoms with Gasteiger partial charge in [0.15, 0.2) is 0 Å². The number of amides is 4. The Morgan fingerprint density at radius 1 is 0.705 bits per heavy atom. The second-order valence-corrected chi connectivity index (χ2v) is 20.2. The van der Waals surface area contributed by atoms with Gasteiger partial charge in [-0.05, 0) is 62.5 Å². The first kappa shape index (κ1) is 35.5. The molecule has 4 aliphatic rings. The fourth-order valence-corrected chi connectivity index (χ4v) is 5.66. The largest absolute Gasteiger partial charge is 0.426 e. The van der Waals surface area contributed by atoms with E-state index in [1.165, 1.54) is 21.9 Å². The van der Waals surface area contributed by atoms with E-state index in [-0.39, 0.29) is 60.8 Å². The van der Waals surface area contributed by atoms with Crippen LogP contribution in [0.3, 0.4) is 0 Å². The minimum Gasteiger partial charge on any atom is -0.426 e. The van der Waals surface area contributed by atoms with Crippen molar-refractivity contribution in [1.29, 1.82) is 0 Å². The average Bonchev–Trinajstić information content (AvgIpc) is 3.84. The van der Waals surface area contributed by atoms with Crippen molar-refractivity contribution in [2.75, 3.05) is 13.1 Å². The van der Waals surface area contributed by atoms with Gasteiger partial charge in [0.2, 0.25) is 11.8 Å². The molecule has 2 saturated carbocycles. The summed E-state index contributed by atoms with van der Waals surface area (Å²) in [5.74, 6) is 0.0203. The van der Waals surface area contributed by atoms with E-state index < -0.39 is 11.3 Å². The number of hydrogen-bond donors (Lipinski definition) is 0. The molecule has 44 heavy (non-hydrogen) atoms. The van der Waals surface area contributed by atoms with Gasteiger partial charge in [0.25, 0.3) is 11.8 Å². The third kappa shape index (κ3) is 8.92. The quantitative estimate of drug-likeness (QED) is 0.190. The maximum atomic E-state index is 12.5. The molecule has 2 aliphatic heterocycles. The van der Waals surface area contributed by atoms with E-state index in [0.717, 1.165) is 25.7 Å². The van der Waals surface area contributed by atoms with Crippen LogP contribution in [0.1, 0.15) is 92.5 Å². The zero-order valence-corrected chi connectivity index (χ0v) is 31.7. The van der Waals surface area contributed by atoms with E-state index >= 15 is 0 Å². The Morgan fingerprint density at radius 3 is 1.30 bits per heavy atom. The molecule has 6 rings (SSSR count). The zero-order chi connectivity index (χ0) is 32.5. The number of carbonyl (C=O) groups excluding carboxylic acids is 4. The third-order valence-corrected chi connectivity index (χ3v) is 8.39. The molecule has 2 aliphatic carbocycles. The van der Waals surface area contributed by atoms with Gasteiger partial charge in [-0.25, -0.2) is 9.59 Å². The highest BCUT2D eigenvalue weighted by Crippen LogP contribution is 2.35. The smallest absolute Gasteiger partial charge is 0.369 e. The summed E-state index contributed by atoms with van der Waals surface area (Å²) < 4.78 is 10.4. The van der Waals surface area contributed by atoms with Crippen LogP contribution in [0.5, 0.6) is 0 Å². The van der Waals surface area contributed by atoms with Gasteiger partial charge in [0.1, 0.15) is 11.5 Å². The average molecular weight is 931 g/mol. The van der Waals surface area contributed by atoms with Crippen molar-refractivity contribution in [2.24, 2.45) is 11.8 Å². The van der Waals surface area contributed by atoms with Crippen LogP contribution in [0.25, 0.3) is 0 Å². The van der Waals surface area contributed by atoms with E-state index in [0.29, 0.717) is 47.2 Å². The van der Waals surface area contributed by atoms with E-state index in [4.69, 9.17) is 8.83 Å². The van der Waals surface area contributed by atoms with Crippen molar-refractivity contribution in [3.63, 3.8) is 0 Å². The minimum atomic E-state index is -0.527. The Kier molecular flexibility index (Phi) is 12.1. The maximum Gasteiger partial charge on any atom is 0.369 e. The third-order valence-electron chi connectivity index (χ3n) is 7.41. The summed E-state index contributed by atoms with van der Waals surface area (Å²) in [4.78, 5) is 74.6. The number of carbonyl (C=O) groups is 4. The predicted molar refractivity (Wildman–Crippen MR) is 182 cm³/mol. The first-order valence-corrected chi connectivity index (χ1v) is 18.5. The van der Waals surface area contributed by atoms with Crippen LogP contribution >= 0.6 is 79.1 Å². The molecule has 16 heteroatoms. The summed E-state index contributed by atoms with van der Waals surface area (Å²) in [6.07, 6.45) is 4.23. The van der Waals surface area contributed by atoms with Gasteiger partial charge in [0.05, 0.1) is 24.0 Å². The highest BCUT2D eigenvalue weighted by atomic mass is 79.9. The van der Waals surface area contributed by atoms with Crippen LogP contribution in [-0.4, -0.2) is 49.7 Å². The maximum absolute atomic E-state index is 12.5. The SMILES string of the molecule is BrB(Br)Br.CC(Br)c1cc(=O)oc2c1C(=O)N(CC1CC1)C(=O)C2.CC(Br)c1cc(=O)oc2c1C(=O)N(CC1CC1)C(=O)C2. The molecule has 2 atom stereocenters. The summed E-state index contributed by atoms with van der Waals surface area (Å²) in [5.41, 5.74) is 0.870. The van der Waals surface area contributed by atoms with E-state index in [2.05, 4.69) is 79.1 Å². The van der Waals surface area contributed by atoms with E-state index in [1.54, 1.807) is 0 Å². The van der Waals surface area contributed by atoms with Crippen molar-refractivity contribution in [3.05, 3.63) is 66.7 Å². The lowest BCUT2D eigenvalue weighted by Crippen LogP contribution is -2.44. The number of halogens is 5. The Labute approximate surface area is 295 Å². The normalized spacial score (nSPS) is 18.8. The van der Waals surface area contributed by atoms with Gasteiger partial charge in [-0.15, -0.1) is 47.3 Å². The summed E-state index contributed by atoms with van der Waals surface area (Å²) in [7, 11) is 0. The molecule has 0 aromatic carbocycles. The van der Waals surface area contributed by atoms with Gasteiger partial charge < -0.3 is 8.83 Å². The van der Waals surface area contributed by atoms with Crippen LogP contribution in [0.2, 0.25) is 0 Å². The topological polar surface area (TPSA) is 135 Å². The Hall–Kier alpha value is -1.36. The molecule has 236 valence electrons. The molecule has 0 saturated heterocycles. The van der Waals surface area contributed by atoms with Gasteiger partial charge in [-0.2, -0.15) is 0 Å². The number of rotatable bonds is 6. The molecular weight excluding hydrogens is 903 g/mol. The van der Waals surface area contributed by atoms with E-state index in [1.807, 2.05) is 13.8 Å².